The molecule has 1 aliphatic heterocycles. The zero-order chi connectivity index (χ0) is 12.7. The minimum Gasteiger partial charge on any atom is -0.381 e. The van der Waals surface area contributed by atoms with Crippen molar-refractivity contribution in [2.75, 3.05) is 23.7 Å². The number of piperidine rings is 1. The van der Waals surface area contributed by atoms with Crippen LogP contribution in [0.4, 0.5) is 11.8 Å². The Balaban J connectivity index is 2.01. The van der Waals surface area contributed by atoms with Crippen LogP contribution in [0.2, 0.25) is 0 Å². The highest BCUT2D eigenvalue weighted by atomic mass is 15.4. The van der Waals surface area contributed by atoms with E-state index in [1.165, 1.54) is 6.42 Å². The van der Waals surface area contributed by atoms with E-state index in [1.54, 1.807) is 6.20 Å². The molecule has 1 saturated heterocycles. The first kappa shape index (κ1) is 11.3. The molecule has 2 aromatic rings. The Labute approximate surface area is 106 Å². The highest BCUT2D eigenvalue weighted by Crippen LogP contribution is 2.25. The molecule has 0 aliphatic carbocycles. The van der Waals surface area contributed by atoms with Gasteiger partial charge >= 0.3 is 0 Å². The van der Waals surface area contributed by atoms with Crippen LogP contribution < -0.4 is 10.6 Å². The third-order valence-corrected chi connectivity index (χ3v) is 3.49. The number of anilines is 2. The van der Waals surface area contributed by atoms with Gasteiger partial charge in [0.05, 0.1) is 0 Å². The van der Waals surface area contributed by atoms with Crippen molar-refractivity contribution in [2.24, 2.45) is 11.8 Å². The molecule has 6 nitrogen and oxygen atoms in total. The van der Waals surface area contributed by atoms with Gasteiger partial charge in [0.25, 0.3) is 0 Å². The van der Waals surface area contributed by atoms with E-state index in [9.17, 15) is 0 Å². The summed E-state index contributed by atoms with van der Waals surface area (Å²) < 4.78 is 1.92. The van der Waals surface area contributed by atoms with Gasteiger partial charge in [-0.1, -0.05) is 13.8 Å². The monoisotopic (exact) mass is 246 g/mol. The topological polar surface area (TPSA) is 72.3 Å². The van der Waals surface area contributed by atoms with Crippen LogP contribution in [0, 0.1) is 11.8 Å². The molecular weight excluding hydrogens is 228 g/mol. The summed E-state index contributed by atoms with van der Waals surface area (Å²) in [7, 11) is 0. The van der Waals surface area contributed by atoms with Crippen molar-refractivity contribution in [1.82, 2.24) is 19.6 Å². The van der Waals surface area contributed by atoms with Gasteiger partial charge in [0.15, 0.2) is 5.82 Å². The maximum atomic E-state index is 5.80. The molecule has 2 aromatic heterocycles. The Kier molecular flexibility index (Phi) is 2.57. The predicted molar refractivity (Wildman–Crippen MR) is 70.4 cm³/mol. The molecule has 0 spiro atoms. The highest BCUT2D eigenvalue weighted by Gasteiger charge is 2.25. The highest BCUT2D eigenvalue weighted by molar-refractivity contribution is 5.61. The van der Waals surface area contributed by atoms with Crippen LogP contribution in [0.5, 0.6) is 0 Å². The second-order valence-corrected chi connectivity index (χ2v) is 5.36. The average molecular weight is 246 g/mol. The van der Waals surface area contributed by atoms with E-state index in [-0.39, 0.29) is 0 Å². The van der Waals surface area contributed by atoms with E-state index >= 15 is 0 Å². The quantitative estimate of drug-likeness (QED) is 0.818. The molecule has 0 amide bonds. The summed E-state index contributed by atoms with van der Waals surface area (Å²) in [5.41, 5.74) is 6.44. The van der Waals surface area contributed by atoms with Crippen LogP contribution in [0.1, 0.15) is 20.3 Å². The maximum Gasteiger partial charge on any atom is 0.231 e. The fourth-order valence-corrected chi connectivity index (χ4v) is 2.87. The van der Waals surface area contributed by atoms with E-state index in [1.807, 2.05) is 10.6 Å². The number of hydrogen-bond acceptors (Lipinski definition) is 5. The van der Waals surface area contributed by atoms with Crippen LogP contribution in [0.15, 0.2) is 12.4 Å². The first-order valence-electron chi connectivity index (χ1n) is 6.35. The first-order valence-corrected chi connectivity index (χ1v) is 6.35. The summed E-state index contributed by atoms with van der Waals surface area (Å²) in [6.07, 6.45) is 4.83. The Morgan fingerprint density at radius 1 is 1.22 bits per heavy atom. The molecule has 3 rings (SSSR count). The van der Waals surface area contributed by atoms with Gasteiger partial charge in [-0.25, -0.2) is 4.98 Å². The van der Waals surface area contributed by atoms with Crippen molar-refractivity contribution in [3.05, 3.63) is 12.4 Å². The SMILES string of the molecule is C[C@@H]1C[C@H](C)CN(c2nnc3c(N)nccn23)C1. The molecule has 1 fully saturated rings. The fourth-order valence-electron chi connectivity index (χ4n) is 2.87. The molecule has 6 heteroatoms. The number of aromatic nitrogens is 4. The summed E-state index contributed by atoms with van der Waals surface area (Å²) in [6.45, 7) is 6.60. The molecular formula is C12H18N6. The van der Waals surface area contributed by atoms with Crippen molar-refractivity contribution in [2.45, 2.75) is 20.3 Å². The molecule has 0 bridgehead atoms. The molecule has 0 unspecified atom stereocenters. The van der Waals surface area contributed by atoms with E-state index in [0.29, 0.717) is 23.3 Å². The van der Waals surface area contributed by atoms with E-state index < -0.39 is 0 Å². The molecule has 0 aromatic carbocycles. The Hall–Kier alpha value is -1.85. The van der Waals surface area contributed by atoms with Gasteiger partial charge in [-0.15, -0.1) is 10.2 Å². The number of nitrogens with zero attached hydrogens (tertiary/aromatic N) is 5. The van der Waals surface area contributed by atoms with Gasteiger partial charge in [-0.3, -0.25) is 4.40 Å². The molecule has 96 valence electrons. The van der Waals surface area contributed by atoms with Crippen LogP contribution in [0.25, 0.3) is 5.65 Å². The summed E-state index contributed by atoms with van der Waals surface area (Å²) >= 11 is 0. The van der Waals surface area contributed by atoms with Gasteiger partial charge < -0.3 is 10.6 Å². The smallest absolute Gasteiger partial charge is 0.231 e. The van der Waals surface area contributed by atoms with Crippen molar-refractivity contribution in [1.29, 1.82) is 0 Å². The summed E-state index contributed by atoms with van der Waals surface area (Å²) in [5.74, 6) is 2.66. The van der Waals surface area contributed by atoms with Crippen molar-refractivity contribution >= 4 is 17.4 Å². The molecule has 2 atom stereocenters. The minimum atomic E-state index is 0.425. The van der Waals surface area contributed by atoms with E-state index in [2.05, 4.69) is 33.9 Å². The number of hydrogen-bond donors (Lipinski definition) is 1. The van der Waals surface area contributed by atoms with Crippen LogP contribution in [-0.4, -0.2) is 32.7 Å². The summed E-state index contributed by atoms with van der Waals surface area (Å²) in [5, 5.41) is 8.39. The number of fused-ring (bicyclic) bond motifs is 1. The predicted octanol–water partition coefficient (Wildman–Crippen LogP) is 1.19. The number of nitrogen functional groups attached to an aromatic ring is 1. The fraction of sp³-hybridized carbons (Fsp3) is 0.583. The zero-order valence-electron chi connectivity index (χ0n) is 10.7. The van der Waals surface area contributed by atoms with Crippen LogP contribution in [-0.2, 0) is 0 Å². The third kappa shape index (κ3) is 1.77. The van der Waals surface area contributed by atoms with Gasteiger partial charge in [-0.05, 0) is 18.3 Å². The first-order chi connectivity index (χ1) is 8.65. The lowest BCUT2D eigenvalue weighted by molar-refractivity contribution is 0.353. The van der Waals surface area contributed by atoms with Crippen molar-refractivity contribution < 1.29 is 0 Å². The van der Waals surface area contributed by atoms with Gasteiger partial charge in [0.1, 0.15) is 0 Å². The lowest BCUT2D eigenvalue weighted by atomic mass is 9.92. The lowest BCUT2D eigenvalue weighted by Gasteiger charge is -2.34. The Morgan fingerprint density at radius 2 is 1.94 bits per heavy atom. The second kappa shape index (κ2) is 4.12. The van der Waals surface area contributed by atoms with Gasteiger partial charge in [0.2, 0.25) is 11.6 Å². The Bertz CT molecular complexity index is 553. The molecule has 2 N–H and O–H groups in total. The van der Waals surface area contributed by atoms with Gasteiger partial charge in [-0.2, -0.15) is 0 Å². The second-order valence-electron chi connectivity index (χ2n) is 5.36. The standard InChI is InChI=1S/C12H18N6/c1-8-5-9(2)7-17(6-8)12-16-15-11-10(13)14-3-4-18(11)12/h3-4,8-9H,5-7H2,1-2H3,(H2,13,14)/t8-,9+. The lowest BCUT2D eigenvalue weighted by Crippen LogP contribution is -2.39. The van der Waals surface area contributed by atoms with E-state index in [0.717, 1.165) is 19.0 Å². The van der Waals surface area contributed by atoms with Crippen LogP contribution in [0.3, 0.4) is 0 Å². The maximum absolute atomic E-state index is 5.80. The summed E-state index contributed by atoms with van der Waals surface area (Å²) in [4.78, 5) is 6.32. The average Bonchev–Trinajstić information content (AvgIpc) is 2.73. The largest absolute Gasteiger partial charge is 0.381 e. The molecule has 0 saturated carbocycles. The third-order valence-electron chi connectivity index (χ3n) is 3.49. The van der Waals surface area contributed by atoms with Crippen LogP contribution >= 0.6 is 0 Å². The van der Waals surface area contributed by atoms with Crippen molar-refractivity contribution in [3.8, 4) is 0 Å². The molecule has 0 radical (unpaired) electrons. The van der Waals surface area contributed by atoms with Crippen molar-refractivity contribution in [3.63, 3.8) is 0 Å². The minimum absolute atomic E-state index is 0.425. The molecule has 18 heavy (non-hydrogen) atoms. The van der Waals surface area contributed by atoms with E-state index in [4.69, 9.17) is 5.73 Å². The summed E-state index contributed by atoms with van der Waals surface area (Å²) in [6, 6.07) is 0. The normalized spacial score (nSPS) is 24.7. The number of rotatable bonds is 1. The zero-order valence-corrected chi connectivity index (χ0v) is 10.7. The molecule has 1 aliphatic rings. The Morgan fingerprint density at radius 3 is 2.67 bits per heavy atom. The number of nitrogens with two attached hydrogens (primary N) is 1. The molecule has 3 heterocycles. The van der Waals surface area contributed by atoms with Gasteiger partial charge in [0, 0.05) is 25.5 Å².